The van der Waals surface area contributed by atoms with E-state index in [9.17, 15) is 29.3 Å². The van der Waals surface area contributed by atoms with Crippen LogP contribution in [0.4, 0.5) is 15.3 Å². The van der Waals surface area contributed by atoms with Gasteiger partial charge in [-0.05, 0) is 38.5 Å². The van der Waals surface area contributed by atoms with Gasteiger partial charge < -0.3 is 29.6 Å². The molecule has 0 fully saturated rings. The van der Waals surface area contributed by atoms with Gasteiger partial charge >= 0.3 is 18.2 Å². The molecule has 0 saturated carbocycles. The van der Waals surface area contributed by atoms with Crippen molar-refractivity contribution in [3.8, 4) is 5.75 Å². The Morgan fingerprint density at radius 2 is 1.62 bits per heavy atom. The van der Waals surface area contributed by atoms with Crippen LogP contribution in [0.2, 0.25) is 0 Å². The topological polar surface area (TPSA) is 172 Å². The minimum Gasteiger partial charge on any atom is -0.459 e. The lowest BCUT2D eigenvalue weighted by molar-refractivity contribution is -0.384. The van der Waals surface area contributed by atoms with E-state index < -0.39 is 53.8 Å². The van der Waals surface area contributed by atoms with Gasteiger partial charge in [-0.3, -0.25) is 19.7 Å². The summed E-state index contributed by atoms with van der Waals surface area (Å²) < 4.78 is 20.0. The lowest BCUT2D eigenvalue weighted by Crippen LogP contribution is -2.51. The molecular formula is C24H27N3O10. The normalized spacial score (nSPS) is 11.4. The lowest BCUT2D eigenvalue weighted by Gasteiger charge is -2.21. The number of carbonyl (C=O) groups excluding carboxylic acids is 4. The number of amides is 2. The zero-order valence-electron chi connectivity index (χ0n) is 20.4. The molecule has 2 N–H and O–H groups in total. The van der Waals surface area contributed by atoms with Crippen molar-refractivity contribution in [1.29, 1.82) is 0 Å². The van der Waals surface area contributed by atoms with Gasteiger partial charge in [-0.25, -0.2) is 9.59 Å². The van der Waals surface area contributed by atoms with Crippen LogP contribution in [0.5, 0.6) is 5.75 Å². The van der Waals surface area contributed by atoms with Gasteiger partial charge in [0.2, 0.25) is 5.91 Å². The average molecular weight is 517 g/mol. The van der Waals surface area contributed by atoms with E-state index in [1.807, 2.05) is 0 Å². The molecule has 0 aromatic heterocycles. The first kappa shape index (κ1) is 28.6. The monoisotopic (exact) mass is 517 g/mol. The van der Waals surface area contributed by atoms with Crippen LogP contribution in [-0.2, 0) is 30.4 Å². The number of hydrogen-bond donors (Lipinski definition) is 2. The molecule has 0 heterocycles. The third kappa shape index (κ3) is 11.1. The highest BCUT2D eigenvalue weighted by molar-refractivity contribution is 5.88. The van der Waals surface area contributed by atoms with Crippen LogP contribution >= 0.6 is 0 Å². The largest absolute Gasteiger partial charge is 0.513 e. The maximum atomic E-state index is 12.6. The fraction of sp³-hybridized carbons (Fsp3) is 0.333. The highest BCUT2D eigenvalue weighted by atomic mass is 16.7. The summed E-state index contributed by atoms with van der Waals surface area (Å²) in [5.41, 5.74) is -0.280. The van der Waals surface area contributed by atoms with Crippen molar-refractivity contribution in [2.24, 2.45) is 0 Å². The summed E-state index contributed by atoms with van der Waals surface area (Å²) in [5.74, 6) is -1.62. The molecule has 1 atom stereocenters. The first-order valence-corrected chi connectivity index (χ1v) is 11.0. The maximum Gasteiger partial charge on any atom is 0.513 e. The molecule has 0 unspecified atom stereocenters. The average Bonchev–Trinajstić information content (AvgIpc) is 2.83. The van der Waals surface area contributed by atoms with Crippen molar-refractivity contribution >= 4 is 29.8 Å². The van der Waals surface area contributed by atoms with E-state index in [4.69, 9.17) is 18.9 Å². The zero-order valence-corrected chi connectivity index (χ0v) is 20.4. The van der Waals surface area contributed by atoms with Gasteiger partial charge in [-0.15, -0.1) is 0 Å². The third-order valence-electron chi connectivity index (χ3n) is 4.26. The van der Waals surface area contributed by atoms with Crippen LogP contribution in [0.25, 0.3) is 0 Å². The molecular weight excluding hydrogens is 490 g/mol. The van der Waals surface area contributed by atoms with Crippen LogP contribution in [-0.4, -0.2) is 53.8 Å². The maximum absolute atomic E-state index is 12.6. The van der Waals surface area contributed by atoms with Gasteiger partial charge in [0.05, 0.1) is 4.92 Å². The van der Waals surface area contributed by atoms with Crippen LogP contribution in [0, 0.1) is 10.1 Å². The number of nitro groups is 1. The molecule has 0 aliphatic carbocycles. The second kappa shape index (κ2) is 13.4. The Morgan fingerprint density at radius 1 is 0.973 bits per heavy atom. The third-order valence-corrected chi connectivity index (χ3v) is 4.26. The van der Waals surface area contributed by atoms with Gasteiger partial charge in [0, 0.05) is 12.1 Å². The van der Waals surface area contributed by atoms with Crippen molar-refractivity contribution in [3.05, 3.63) is 70.3 Å². The van der Waals surface area contributed by atoms with Crippen LogP contribution in [0.3, 0.4) is 0 Å². The predicted molar refractivity (Wildman–Crippen MR) is 127 cm³/mol. The van der Waals surface area contributed by atoms with E-state index >= 15 is 0 Å². The number of benzene rings is 2. The predicted octanol–water partition coefficient (Wildman–Crippen LogP) is 2.86. The quantitative estimate of drug-likeness (QED) is 0.157. The molecule has 0 aliphatic heterocycles. The molecule has 13 nitrogen and oxygen atoms in total. The van der Waals surface area contributed by atoms with Crippen LogP contribution in [0.1, 0.15) is 26.3 Å². The fourth-order valence-electron chi connectivity index (χ4n) is 2.66. The standard InChI is InChI=1S/C24H27N3O10/c1-24(2,3)37-20(28)13-25-21(29)19(26-22(30)34-14-16-7-5-4-6-8-16)15-35-23(31)36-18-11-9-17(10-12-18)27(32)33/h4-12,19H,13-15H2,1-3H3,(H,25,29)(H,26,30)/t19-/m0/s1. The summed E-state index contributed by atoms with van der Waals surface area (Å²) in [5, 5.41) is 15.3. The first-order valence-electron chi connectivity index (χ1n) is 11.0. The molecule has 2 amide bonds. The van der Waals surface area contributed by atoms with Crippen molar-refractivity contribution in [3.63, 3.8) is 0 Å². The molecule has 198 valence electrons. The number of alkyl carbamates (subject to hydrolysis) is 1. The number of non-ortho nitro benzene ring substituents is 1. The van der Waals surface area contributed by atoms with E-state index in [-0.39, 0.29) is 18.0 Å². The highest BCUT2D eigenvalue weighted by Crippen LogP contribution is 2.17. The molecule has 0 radical (unpaired) electrons. The van der Waals surface area contributed by atoms with Crippen LogP contribution in [0.15, 0.2) is 54.6 Å². The van der Waals surface area contributed by atoms with Gasteiger partial charge in [0.25, 0.3) is 5.69 Å². The molecule has 0 bridgehead atoms. The SMILES string of the molecule is CC(C)(C)OC(=O)CNC(=O)[C@H](COC(=O)Oc1ccc([N+](=O)[O-])cc1)NC(=O)OCc1ccccc1. The smallest absolute Gasteiger partial charge is 0.459 e. The summed E-state index contributed by atoms with van der Waals surface area (Å²) in [7, 11) is 0. The van der Waals surface area contributed by atoms with Crippen molar-refractivity contribution < 1.29 is 43.0 Å². The van der Waals surface area contributed by atoms with E-state index in [0.717, 1.165) is 12.1 Å². The summed E-state index contributed by atoms with van der Waals surface area (Å²) in [6, 6.07) is 11.9. The number of ether oxygens (including phenoxy) is 4. The second-order valence-corrected chi connectivity index (χ2v) is 8.48. The first-order chi connectivity index (χ1) is 17.4. The number of nitrogens with one attached hydrogen (secondary N) is 2. The number of esters is 1. The molecule has 37 heavy (non-hydrogen) atoms. The Hall–Kier alpha value is -4.68. The lowest BCUT2D eigenvalue weighted by atomic mass is 10.2. The Morgan fingerprint density at radius 3 is 2.22 bits per heavy atom. The minimum absolute atomic E-state index is 0.0447. The number of carbonyl (C=O) groups is 4. The van der Waals surface area contributed by atoms with Crippen molar-refractivity contribution in [2.75, 3.05) is 13.2 Å². The molecule has 2 aromatic carbocycles. The molecule has 13 heteroatoms. The minimum atomic E-state index is -1.45. The number of nitrogens with zero attached hydrogens (tertiary/aromatic N) is 1. The molecule has 2 rings (SSSR count). The van der Waals surface area contributed by atoms with Gasteiger partial charge in [-0.1, -0.05) is 30.3 Å². The molecule has 2 aromatic rings. The van der Waals surface area contributed by atoms with Gasteiger partial charge in [0.15, 0.2) is 0 Å². The molecule has 0 aliphatic rings. The van der Waals surface area contributed by atoms with Crippen LogP contribution < -0.4 is 15.4 Å². The Balaban J connectivity index is 1.96. The number of rotatable bonds is 10. The van der Waals surface area contributed by atoms with E-state index in [0.29, 0.717) is 5.56 Å². The highest BCUT2D eigenvalue weighted by Gasteiger charge is 2.25. The Labute approximate surface area is 212 Å². The summed E-state index contributed by atoms with van der Waals surface area (Å²) >= 11 is 0. The summed E-state index contributed by atoms with van der Waals surface area (Å²) in [4.78, 5) is 58.9. The number of nitro benzene ring substituents is 1. The molecule has 0 saturated heterocycles. The molecule has 0 spiro atoms. The van der Waals surface area contributed by atoms with Crippen molar-refractivity contribution in [2.45, 2.75) is 39.0 Å². The van der Waals surface area contributed by atoms with Crippen molar-refractivity contribution in [1.82, 2.24) is 10.6 Å². The van der Waals surface area contributed by atoms with E-state index in [1.165, 1.54) is 12.1 Å². The fourth-order valence-corrected chi connectivity index (χ4v) is 2.66. The second-order valence-electron chi connectivity index (χ2n) is 8.48. The number of hydrogen-bond acceptors (Lipinski definition) is 10. The van der Waals surface area contributed by atoms with E-state index in [1.54, 1.807) is 51.1 Å². The summed E-state index contributed by atoms with van der Waals surface area (Å²) in [6.45, 7) is 3.72. The van der Waals surface area contributed by atoms with E-state index in [2.05, 4.69) is 10.6 Å². The zero-order chi connectivity index (χ0) is 27.4. The summed E-state index contributed by atoms with van der Waals surface area (Å²) in [6.07, 6.45) is -2.22. The van der Waals surface area contributed by atoms with Gasteiger partial charge in [-0.2, -0.15) is 0 Å². The Bertz CT molecular complexity index is 1100. The van der Waals surface area contributed by atoms with Gasteiger partial charge in [0.1, 0.15) is 37.2 Å². The Kier molecular flexibility index (Phi) is 10.4.